The number of carbonyl (C=O) groups is 2. The minimum absolute atomic E-state index is 0.0363. The Morgan fingerprint density at radius 3 is 2.37 bits per heavy atom. The molecule has 2 saturated heterocycles. The first-order valence-electron chi connectivity index (χ1n) is 11.4. The number of sulfonamides is 1. The van der Waals surface area contributed by atoms with Gasteiger partial charge in [0.2, 0.25) is 21.8 Å². The van der Waals surface area contributed by atoms with Crippen molar-refractivity contribution in [1.82, 2.24) is 13.8 Å². The summed E-state index contributed by atoms with van der Waals surface area (Å²) in [5, 5.41) is 0. The van der Waals surface area contributed by atoms with Gasteiger partial charge in [0, 0.05) is 57.9 Å². The number of aromatic nitrogens is 1. The Balaban J connectivity index is 1.24. The van der Waals surface area contributed by atoms with Crippen molar-refractivity contribution >= 4 is 38.6 Å². The number of benzene rings is 2. The minimum atomic E-state index is -3.82. The third-order valence-electron chi connectivity index (χ3n) is 6.77. The maximum Gasteiger partial charge on any atom is 0.419 e. The summed E-state index contributed by atoms with van der Waals surface area (Å²) >= 11 is 0. The Kier molecular flexibility index (Phi) is 5.76. The molecule has 2 amide bonds. The summed E-state index contributed by atoms with van der Waals surface area (Å²) in [6.45, 7) is 3.08. The lowest BCUT2D eigenvalue weighted by molar-refractivity contribution is -0.136. The SMILES string of the molecule is Cc1ccc(N2C[C@H](C(=O)N3CCN(S(=O)(=O)c4ccc5c(c4)oc(=O)n5C)CC3)CC2=O)cc1. The van der Waals surface area contributed by atoms with E-state index in [9.17, 15) is 22.8 Å². The molecule has 0 bridgehead atoms. The number of oxazole rings is 1. The molecule has 0 N–H and O–H groups in total. The van der Waals surface area contributed by atoms with Crippen molar-refractivity contribution in [3.05, 3.63) is 58.6 Å². The maximum atomic E-state index is 13.2. The van der Waals surface area contributed by atoms with Crippen molar-refractivity contribution in [2.75, 3.05) is 37.6 Å². The summed E-state index contributed by atoms with van der Waals surface area (Å²) in [5.74, 6) is -1.22. The van der Waals surface area contributed by atoms with Crippen molar-refractivity contribution in [2.24, 2.45) is 13.0 Å². The van der Waals surface area contributed by atoms with Gasteiger partial charge in [0.1, 0.15) is 0 Å². The van der Waals surface area contributed by atoms with Gasteiger partial charge in [0.25, 0.3) is 0 Å². The monoisotopic (exact) mass is 498 g/mol. The molecule has 0 unspecified atom stereocenters. The van der Waals surface area contributed by atoms with E-state index in [1.165, 1.54) is 21.0 Å². The van der Waals surface area contributed by atoms with Gasteiger partial charge in [-0.2, -0.15) is 4.31 Å². The van der Waals surface area contributed by atoms with Crippen LogP contribution in [0.1, 0.15) is 12.0 Å². The van der Waals surface area contributed by atoms with Crippen molar-refractivity contribution in [2.45, 2.75) is 18.2 Å². The molecule has 0 saturated carbocycles. The highest BCUT2D eigenvalue weighted by atomic mass is 32.2. The quantitative estimate of drug-likeness (QED) is 0.536. The van der Waals surface area contributed by atoms with Gasteiger partial charge in [-0.25, -0.2) is 13.2 Å². The molecule has 0 aliphatic carbocycles. The number of fused-ring (bicyclic) bond motifs is 1. The van der Waals surface area contributed by atoms with Crippen molar-refractivity contribution in [3.8, 4) is 0 Å². The largest absolute Gasteiger partial charge is 0.419 e. The third-order valence-corrected chi connectivity index (χ3v) is 8.67. The van der Waals surface area contributed by atoms with Crippen molar-refractivity contribution < 1.29 is 22.4 Å². The third kappa shape index (κ3) is 4.14. The van der Waals surface area contributed by atoms with E-state index in [1.807, 2.05) is 31.2 Å². The maximum absolute atomic E-state index is 13.2. The fourth-order valence-electron chi connectivity index (χ4n) is 4.68. The molecule has 0 radical (unpaired) electrons. The zero-order chi connectivity index (χ0) is 24.9. The zero-order valence-electron chi connectivity index (χ0n) is 19.5. The summed E-state index contributed by atoms with van der Waals surface area (Å²) in [5.41, 5.74) is 2.58. The Morgan fingerprint density at radius 2 is 1.69 bits per heavy atom. The Morgan fingerprint density at radius 1 is 1.00 bits per heavy atom. The lowest BCUT2D eigenvalue weighted by Gasteiger charge is -2.35. The molecular formula is C24H26N4O6S. The van der Waals surface area contributed by atoms with E-state index in [0.29, 0.717) is 12.1 Å². The number of amides is 2. The van der Waals surface area contributed by atoms with Crippen molar-refractivity contribution in [3.63, 3.8) is 0 Å². The van der Waals surface area contributed by atoms with E-state index in [0.717, 1.165) is 11.3 Å². The predicted molar refractivity (Wildman–Crippen MR) is 128 cm³/mol. The van der Waals surface area contributed by atoms with Crippen molar-refractivity contribution in [1.29, 1.82) is 0 Å². The number of nitrogens with zero attached hydrogens (tertiary/aromatic N) is 4. The fourth-order valence-corrected chi connectivity index (χ4v) is 6.12. The predicted octanol–water partition coefficient (Wildman–Crippen LogP) is 1.33. The van der Waals surface area contributed by atoms with Crippen LogP contribution < -0.4 is 10.7 Å². The second kappa shape index (κ2) is 8.65. The van der Waals surface area contributed by atoms with Gasteiger partial charge in [0.05, 0.1) is 16.3 Å². The molecule has 5 rings (SSSR count). The molecule has 11 heteroatoms. The topological polar surface area (TPSA) is 113 Å². The van der Waals surface area contributed by atoms with E-state index in [1.54, 1.807) is 22.9 Å². The van der Waals surface area contributed by atoms with Crippen LogP contribution in [0.25, 0.3) is 11.1 Å². The zero-order valence-corrected chi connectivity index (χ0v) is 20.3. The van der Waals surface area contributed by atoms with Crippen LogP contribution in [0, 0.1) is 12.8 Å². The van der Waals surface area contributed by atoms with Crippen LogP contribution in [0.15, 0.2) is 56.6 Å². The summed E-state index contributed by atoms with van der Waals surface area (Å²) in [6, 6.07) is 12.0. The highest BCUT2D eigenvalue weighted by molar-refractivity contribution is 7.89. The average molecular weight is 499 g/mol. The Hall–Kier alpha value is -3.44. The van der Waals surface area contributed by atoms with Gasteiger partial charge >= 0.3 is 5.76 Å². The summed E-state index contributed by atoms with van der Waals surface area (Å²) in [7, 11) is -2.27. The summed E-state index contributed by atoms with van der Waals surface area (Å²) in [4.78, 5) is 40.7. The van der Waals surface area contributed by atoms with Crippen LogP contribution in [0.3, 0.4) is 0 Å². The highest BCUT2D eigenvalue weighted by Gasteiger charge is 2.39. The molecule has 2 aliphatic heterocycles. The Labute approximate surface area is 202 Å². The average Bonchev–Trinajstić information content (AvgIpc) is 3.38. The lowest BCUT2D eigenvalue weighted by atomic mass is 10.1. The fraction of sp³-hybridized carbons (Fsp3) is 0.375. The van der Waals surface area contributed by atoms with E-state index >= 15 is 0 Å². The molecule has 1 atom stereocenters. The van der Waals surface area contributed by atoms with Crippen LogP contribution in [-0.2, 0) is 26.7 Å². The first kappa shape index (κ1) is 23.3. The second-order valence-electron chi connectivity index (χ2n) is 9.03. The summed E-state index contributed by atoms with van der Waals surface area (Å²) in [6.07, 6.45) is 0.146. The molecular weight excluding hydrogens is 472 g/mol. The highest BCUT2D eigenvalue weighted by Crippen LogP contribution is 2.28. The number of hydrogen-bond donors (Lipinski definition) is 0. The number of carbonyl (C=O) groups excluding carboxylic acids is 2. The molecule has 3 heterocycles. The van der Waals surface area contributed by atoms with Crippen LogP contribution in [0.2, 0.25) is 0 Å². The Bertz CT molecular complexity index is 1470. The van der Waals surface area contributed by atoms with Gasteiger partial charge in [-0.15, -0.1) is 0 Å². The van der Waals surface area contributed by atoms with E-state index in [2.05, 4.69) is 0 Å². The molecule has 0 spiro atoms. The molecule has 2 aliphatic rings. The van der Waals surface area contributed by atoms with Crippen LogP contribution in [0.5, 0.6) is 0 Å². The standard InChI is InChI=1S/C24H26N4O6S/c1-16-3-5-18(6-4-16)28-15-17(13-22(28)29)23(30)26-9-11-27(12-10-26)35(32,33)19-7-8-20-21(14-19)34-24(31)25(20)2/h3-8,14,17H,9-13,15H2,1-2H3/t17-/m1/s1. The van der Waals surface area contributed by atoms with Gasteiger partial charge in [-0.3, -0.25) is 14.2 Å². The minimum Gasteiger partial charge on any atom is -0.408 e. The van der Waals surface area contributed by atoms with E-state index < -0.39 is 21.7 Å². The number of anilines is 1. The van der Waals surface area contributed by atoms with Gasteiger partial charge in [-0.05, 0) is 31.2 Å². The molecule has 3 aromatic rings. The molecule has 35 heavy (non-hydrogen) atoms. The molecule has 2 aromatic carbocycles. The number of rotatable bonds is 4. The molecule has 2 fully saturated rings. The lowest BCUT2D eigenvalue weighted by Crippen LogP contribution is -2.52. The first-order valence-corrected chi connectivity index (χ1v) is 12.8. The van der Waals surface area contributed by atoms with Gasteiger partial charge in [0.15, 0.2) is 5.58 Å². The smallest absolute Gasteiger partial charge is 0.408 e. The van der Waals surface area contributed by atoms with Crippen LogP contribution in [-0.4, -0.2) is 66.7 Å². The number of aryl methyl sites for hydroxylation is 2. The second-order valence-corrected chi connectivity index (χ2v) is 11.0. The summed E-state index contributed by atoms with van der Waals surface area (Å²) < 4.78 is 34.1. The normalized spacial score (nSPS) is 19.6. The van der Waals surface area contributed by atoms with Gasteiger partial charge < -0.3 is 14.2 Å². The first-order chi connectivity index (χ1) is 16.6. The molecule has 10 nitrogen and oxygen atoms in total. The van der Waals surface area contributed by atoms with Crippen LogP contribution in [0.4, 0.5) is 5.69 Å². The molecule has 1 aromatic heterocycles. The molecule has 184 valence electrons. The van der Waals surface area contributed by atoms with E-state index in [-0.39, 0.29) is 54.9 Å². The number of piperazine rings is 1. The number of hydrogen-bond acceptors (Lipinski definition) is 6. The van der Waals surface area contributed by atoms with Gasteiger partial charge in [-0.1, -0.05) is 17.7 Å². The van der Waals surface area contributed by atoms with Crippen LogP contribution >= 0.6 is 0 Å². The van der Waals surface area contributed by atoms with E-state index in [4.69, 9.17) is 4.42 Å².